The second kappa shape index (κ2) is 12.8. The van der Waals surface area contributed by atoms with Crippen LogP contribution < -0.4 is 0 Å². The number of rotatable bonds is 12. The summed E-state index contributed by atoms with van der Waals surface area (Å²) in [6.45, 7) is 7.95. The van der Waals surface area contributed by atoms with E-state index in [2.05, 4.69) is 6.58 Å². The normalized spacial score (nSPS) is 9.91. The van der Waals surface area contributed by atoms with Crippen molar-refractivity contribution in [2.24, 2.45) is 0 Å². The van der Waals surface area contributed by atoms with Crippen LogP contribution in [-0.4, -0.2) is 50.9 Å². The summed E-state index contributed by atoms with van der Waals surface area (Å²) < 4.78 is 19.3. The van der Waals surface area contributed by atoms with Crippen LogP contribution in [-0.2, 0) is 33.3 Å². The maximum absolute atomic E-state index is 11.5. The van der Waals surface area contributed by atoms with Crippen LogP contribution in [0.25, 0.3) is 0 Å². The van der Waals surface area contributed by atoms with Gasteiger partial charge >= 0.3 is 17.9 Å². The van der Waals surface area contributed by atoms with Gasteiger partial charge in [0.05, 0.1) is 19.6 Å². The lowest BCUT2D eigenvalue weighted by Crippen LogP contribution is -2.19. The van der Waals surface area contributed by atoms with Crippen molar-refractivity contribution >= 4 is 17.9 Å². The average molecular weight is 316 g/mol. The molecule has 0 unspecified atom stereocenters. The van der Waals surface area contributed by atoms with Crippen LogP contribution in [0.5, 0.6) is 0 Å². The zero-order valence-electron chi connectivity index (χ0n) is 13.2. The Bertz CT molecular complexity index is 376. The largest absolute Gasteiger partial charge is 0.463 e. The van der Waals surface area contributed by atoms with Crippen LogP contribution in [0.4, 0.5) is 0 Å². The van der Waals surface area contributed by atoms with Gasteiger partial charge in [-0.05, 0) is 13.3 Å². The molecule has 7 heteroatoms. The van der Waals surface area contributed by atoms with Crippen LogP contribution in [0.2, 0.25) is 0 Å². The van der Waals surface area contributed by atoms with Crippen LogP contribution in [0.1, 0.15) is 33.1 Å². The van der Waals surface area contributed by atoms with Gasteiger partial charge in [0.1, 0.15) is 6.61 Å². The molecule has 0 N–H and O–H groups in total. The zero-order valence-corrected chi connectivity index (χ0v) is 13.2. The van der Waals surface area contributed by atoms with Crippen molar-refractivity contribution in [1.82, 2.24) is 0 Å². The summed E-state index contributed by atoms with van der Waals surface area (Å²) in [5.41, 5.74) is -0.0808. The van der Waals surface area contributed by atoms with E-state index < -0.39 is 24.5 Å². The van der Waals surface area contributed by atoms with E-state index in [-0.39, 0.29) is 18.6 Å². The summed E-state index contributed by atoms with van der Waals surface area (Å²) >= 11 is 0. The molecule has 0 aromatic rings. The molecule has 0 saturated heterocycles. The Balaban J connectivity index is 3.84. The van der Waals surface area contributed by atoms with Gasteiger partial charge < -0.3 is 18.9 Å². The quantitative estimate of drug-likeness (QED) is 0.233. The van der Waals surface area contributed by atoms with E-state index in [0.717, 1.165) is 12.8 Å². The number of unbranched alkanes of at least 4 members (excludes halogenated alkanes) is 1. The predicted molar refractivity (Wildman–Crippen MR) is 78.0 cm³/mol. The first-order valence-corrected chi connectivity index (χ1v) is 7.25. The minimum atomic E-state index is -0.825. The van der Waals surface area contributed by atoms with Crippen LogP contribution in [0.15, 0.2) is 12.2 Å². The molecule has 0 aromatic heterocycles. The number of hydrogen-bond donors (Lipinski definition) is 0. The second-order valence-electron chi connectivity index (χ2n) is 4.35. The van der Waals surface area contributed by atoms with Crippen molar-refractivity contribution in [2.75, 3.05) is 33.0 Å². The van der Waals surface area contributed by atoms with Crippen LogP contribution >= 0.6 is 0 Å². The molecule has 0 rings (SSSR count). The van der Waals surface area contributed by atoms with Gasteiger partial charge in [0.2, 0.25) is 0 Å². The van der Waals surface area contributed by atoms with E-state index in [1.54, 1.807) is 0 Å². The van der Waals surface area contributed by atoms with E-state index in [1.807, 2.05) is 13.8 Å². The van der Waals surface area contributed by atoms with Gasteiger partial charge in [-0.2, -0.15) is 0 Å². The lowest BCUT2D eigenvalue weighted by atomic mass is 10.2. The maximum atomic E-state index is 11.5. The van der Waals surface area contributed by atoms with E-state index in [4.69, 9.17) is 18.9 Å². The summed E-state index contributed by atoms with van der Waals surface area (Å²) in [6.07, 6.45) is 1.35. The third-order valence-corrected chi connectivity index (χ3v) is 2.42. The Hall–Kier alpha value is -1.89. The van der Waals surface area contributed by atoms with Crippen molar-refractivity contribution in [1.29, 1.82) is 0 Å². The van der Waals surface area contributed by atoms with Crippen LogP contribution in [0, 0.1) is 0 Å². The van der Waals surface area contributed by atoms with Gasteiger partial charge in [0, 0.05) is 12.2 Å². The molecule has 7 nitrogen and oxygen atoms in total. The molecule has 0 aromatic carbocycles. The molecule has 22 heavy (non-hydrogen) atoms. The molecule has 0 saturated carbocycles. The molecular weight excluding hydrogens is 292 g/mol. The van der Waals surface area contributed by atoms with Crippen molar-refractivity contribution in [3.05, 3.63) is 12.2 Å². The average Bonchev–Trinajstić information content (AvgIpc) is 2.49. The van der Waals surface area contributed by atoms with Gasteiger partial charge in [0.25, 0.3) is 0 Å². The summed E-state index contributed by atoms with van der Waals surface area (Å²) in [6, 6.07) is 0. The SMILES string of the molecule is C=C(CC(=O)OCCOCC)C(=O)OCC(=O)OCCCC. The molecule has 0 amide bonds. The number of carbonyl (C=O) groups excluding carboxylic acids is 3. The highest BCUT2D eigenvalue weighted by Gasteiger charge is 2.16. The fraction of sp³-hybridized carbons (Fsp3) is 0.667. The summed E-state index contributed by atoms with van der Waals surface area (Å²) in [5.74, 6) is -2.06. The van der Waals surface area contributed by atoms with Gasteiger partial charge in [-0.15, -0.1) is 0 Å². The summed E-state index contributed by atoms with van der Waals surface area (Å²) in [7, 11) is 0. The molecule has 0 aliphatic heterocycles. The van der Waals surface area contributed by atoms with Crippen molar-refractivity contribution < 1.29 is 33.3 Å². The van der Waals surface area contributed by atoms with E-state index in [1.165, 1.54) is 0 Å². The standard InChI is InChI=1S/C15H24O7/c1-4-6-7-20-14(17)11-22-15(18)12(3)10-13(16)21-9-8-19-5-2/h3-11H2,1-2H3. The van der Waals surface area contributed by atoms with E-state index >= 15 is 0 Å². The maximum Gasteiger partial charge on any atom is 0.344 e. The van der Waals surface area contributed by atoms with Crippen molar-refractivity contribution in [2.45, 2.75) is 33.1 Å². The monoisotopic (exact) mass is 316 g/mol. The Morgan fingerprint density at radius 2 is 1.59 bits per heavy atom. The highest BCUT2D eigenvalue weighted by Crippen LogP contribution is 2.03. The highest BCUT2D eigenvalue weighted by molar-refractivity contribution is 5.94. The highest BCUT2D eigenvalue weighted by atomic mass is 16.6. The second-order valence-corrected chi connectivity index (χ2v) is 4.35. The first-order valence-electron chi connectivity index (χ1n) is 7.25. The smallest absolute Gasteiger partial charge is 0.344 e. The Kier molecular flexibility index (Phi) is 11.7. The Morgan fingerprint density at radius 3 is 2.23 bits per heavy atom. The van der Waals surface area contributed by atoms with Gasteiger partial charge in [-0.25, -0.2) is 9.59 Å². The summed E-state index contributed by atoms with van der Waals surface area (Å²) in [4.78, 5) is 34.2. The molecule has 0 aliphatic carbocycles. The Morgan fingerprint density at radius 1 is 0.909 bits per heavy atom. The summed E-state index contributed by atoms with van der Waals surface area (Å²) in [5, 5.41) is 0. The fourth-order valence-corrected chi connectivity index (χ4v) is 1.25. The van der Waals surface area contributed by atoms with Gasteiger partial charge in [0.15, 0.2) is 6.61 Å². The number of ether oxygens (including phenoxy) is 4. The van der Waals surface area contributed by atoms with Crippen molar-refractivity contribution in [3.63, 3.8) is 0 Å². The molecule has 0 aliphatic rings. The minimum Gasteiger partial charge on any atom is -0.463 e. The molecule has 0 atom stereocenters. The first-order chi connectivity index (χ1) is 10.5. The fourth-order valence-electron chi connectivity index (χ4n) is 1.25. The number of carbonyl (C=O) groups is 3. The van der Waals surface area contributed by atoms with E-state index in [0.29, 0.717) is 19.8 Å². The van der Waals surface area contributed by atoms with Crippen molar-refractivity contribution in [3.8, 4) is 0 Å². The number of hydrogen-bond acceptors (Lipinski definition) is 7. The lowest BCUT2D eigenvalue weighted by Gasteiger charge is -2.08. The third kappa shape index (κ3) is 10.8. The van der Waals surface area contributed by atoms with Crippen LogP contribution in [0.3, 0.4) is 0 Å². The zero-order chi connectivity index (χ0) is 16.8. The Labute approximate surface area is 130 Å². The molecule has 0 heterocycles. The number of esters is 3. The van der Waals surface area contributed by atoms with Gasteiger partial charge in [-0.1, -0.05) is 19.9 Å². The first kappa shape index (κ1) is 20.1. The van der Waals surface area contributed by atoms with E-state index in [9.17, 15) is 14.4 Å². The minimum absolute atomic E-state index is 0.0808. The predicted octanol–water partition coefficient (Wildman–Crippen LogP) is 1.40. The molecular formula is C15H24O7. The topological polar surface area (TPSA) is 88.1 Å². The lowest BCUT2D eigenvalue weighted by molar-refractivity contribution is -0.157. The third-order valence-electron chi connectivity index (χ3n) is 2.42. The molecule has 0 radical (unpaired) electrons. The molecule has 0 bridgehead atoms. The van der Waals surface area contributed by atoms with Gasteiger partial charge in [-0.3, -0.25) is 4.79 Å². The molecule has 126 valence electrons. The molecule has 0 spiro atoms. The molecule has 0 fully saturated rings.